The first-order chi connectivity index (χ1) is 11.3. The summed E-state index contributed by atoms with van der Waals surface area (Å²) in [5.74, 6) is -0.284. The lowest BCUT2D eigenvalue weighted by Gasteiger charge is -2.16. The Morgan fingerprint density at radius 3 is 2.42 bits per heavy atom. The average molecular weight is 328 g/mol. The number of aryl methyl sites for hydroxylation is 3. The van der Waals surface area contributed by atoms with Gasteiger partial charge in [0.25, 0.3) is 5.91 Å². The van der Waals surface area contributed by atoms with E-state index in [1.165, 1.54) is 12.1 Å². The van der Waals surface area contributed by atoms with Gasteiger partial charge in [-0.15, -0.1) is 0 Å². The highest BCUT2D eigenvalue weighted by atomic mass is 16.6. The van der Waals surface area contributed by atoms with Gasteiger partial charge in [-0.2, -0.15) is 0 Å². The van der Waals surface area contributed by atoms with Gasteiger partial charge in [0.15, 0.2) is 11.9 Å². The minimum Gasteiger partial charge on any atom is -0.474 e. The summed E-state index contributed by atoms with van der Waals surface area (Å²) in [6.07, 6.45) is -0.869. The van der Waals surface area contributed by atoms with E-state index < -0.39 is 11.0 Å². The smallest absolute Gasteiger partial charge is 0.311 e. The zero-order chi connectivity index (χ0) is 17.9. The second kappa shape index (κ2) is 7.12. The molecule has 0 spiro atoms. The van der Waals surface area contributed by atoms with Gasteiger partial charge in [-0.05, 0) is 56.5 Å². The van der Waals surface area contributed by atoms with Crippen LogP contribution in [0.4, 0.5) is 11.4 Å². The second-order valence-corrected chi connectivity index (χ2v) is 5.80. The molecule has 0 aliphatic heterocycles. The van der Waals surface area contributed by atoms with Crippen molar-refractivity contribution in [1.29, 1.82) is 0 Å². The number of hydrogen-bond donors (Lipinski definition) is 1. The minimum absolute atomic E-state index is 0.0780. The summed E-state index contributed by atoms with van der Waals surface area (Å²) >= 11 is 0. The molecule has 0 aliphatic rings. The Balaban J connectivity index is 2.15. The SMILES string of the molecule is Cc1ccc(C)c(NC(=O)[C@H](C)Oc2ccc(C)cc2[N+](=O)[O-])c1. The van der Waals surface area contributed by atoms with Crippen LogP contribution >= 0.6 is 0 Å². The molecular weight excluding hydrogens is 308 g/mol. The van der Waals surface area contributed by atoms with E-state index in [4.69, 9.17) is 4.74 Å². The van der Waals surface area contributed by atoms with Crippen molar-refractivity contribution >= 4 is 17.3 Å². The number of nitro benzene ring substituents is 1. The molecule has 0 unspecified atom stereocenters. The third kappa shape index (κ3) is 4.10. The van der Waals surface area contributed by atoms with Crippen LogP contribution in [0.5, 0.6) is 5.75 Å². The second-order valence-electron chi connectivity index (χ2n) is 5.80. The highest BCUT2D eigenvalue weighted by Crippen LogP contribution is 2.29. The van der Waals surface area contributed by atoms with Crippen molar-refractivity contribution in [3.8, 4) is 5.75 Å². The van der Waals surface area contributed by atoms with Crippen molar-refractivity contribution in [2.45, 2.75) is 33.8 Å². The van der Waals surface area contributed by atoms with Gasteiger partial charge >= 0.3 is 5.69 Å². The molecule has 2 aromatic rings. The number of carbonyl (C=O) groups excluding carboxylic acids is 1. The molecule has 2 aromatic carbocycles. The molecule has 2 rings (SSSR count). The van der Waals surface area contributed by atoms with Crippen molar-refractivity contribution in [3.05, 3.63) is 63.2 Å². The summed E-state index contributed by atoms with van der Waals surface area (Å²) < 4.78 is 5.51. The lowest BCUT2D eigenvalue weighted by atomic mass is 10.1. The van der Waals surface area contributed by atoms with E-state index in [2.05, 4.69) is 5.32 Å². The number of nitro groups is 1. The number of nitrogens with zero attached hydrogens (tertiary/aromatic N) is 1. The summed E-state index contributed by atoms with van der Waals surface area (Å²) in [5.41, 5.74) is 3.26. The lowest BCUT2D eigenvalue weighted by Crippen LogP contribution is -2.30. The number of ether oxygens (including phenoxy) is 1. The molecule has 0 fully saturated rings. The van der Waals surface area contributed by atoms with Gasteiger partial charge in [0.1, 0.15) is 0 Å². The first-order valence-corrected chi connectivity index (χ1v) is 7.57. The van der Waals surface area contributed by atoms with Crippen molar-refractivity contribution in [2.75, 3.05) is 5.32 Å². The molecule has 0 saturated heterocycles. The average Bonchev–Trinajstić information content (AvgIpc) is 2.52. The minimum atomic E-state index is -0.869. The largest absolute Gasteiger partial charge is 0.474 e. The van der Waals surface area contributed by atoms with E-state index in [-0.39, 0.29) is 17.3 Å². The predicted molar refractivity (Wildman–Crippen MR) is 92.5 cm³/mol. The number of benzene rings is 2. The highest BCUT2D eigenvalue weighted by Gasteiger charge is 2.21. The summed E-state index contributed by atoms with van der Waals surface area (Å²) in [5, 5.41) is 13.9. The number of hydrogen-bond acceptors (Lipinski definition) is 4. The first kappa shape index (κ1) is 17.5. The van der Waals surface area contributed by atoms with Crippen LogP contribution < -0.4 is 10.1 Å². The predicted octanol–water partition coefficient (Wildman–Crippen LogP) is 3.93. The Morgan fingerprint density at radius 2 is 1.75 bits per heavy atom. The molecule has 0 bridgehead atoms. The highest BCUT2D eigenvalue weighted by molar-refractivity contribution is 5.94. The molecule has 6 heteroatoms. The van der Waals surface area contributed by atoms with E-state index in [9.17, 15) is 14.9 Å². The summed E-state index contributed by atoms with van der Waals surface area (Å²) in [6, 6.07) is 10.4. The Bertz CT molecular complexity index is 787. The number of anilines is 1. The van der Waals surface area contributed by atoms with E-state index in [0.29, 0.717) is 5.69 Å². The monoisotopic (exact) mass is 328 g/mol. The van der Waals surface area contributed by atoms with Crippen LogP contribution in [-0.2, 0) is 4.79 Å². The van der Waals surface area contributed by atoms with Crippen molar-refractivity contribution in [1.82, 2.24) is 0 Å². The number of carbonyl (C=O) groups is 1. The first-order valence-electron chi connectivity index (χ1n) is 7.57. The molecule has 1 N–H and O–H groups in total. The molecule has 1 atom stereocenters. The van der Waals surface area contributed by atoms with E-state index in [1.807, 2.05) is 32.0 Å². The van der Waals surface area contributed by atoms with E-state index in [1.54, 1.807) is 19.9 Å². The topological polar surface area (TPSA) is 81.5 Å². The van der Waals surface area contributed by atoms with Crippen LogP contribution in [0.3, 0.4) is 0 Å². The fourth-order valence-electron chi connectivity index (χ4n) is 2.22. The van der Waals surface area contributed by atoms with Gasteiger partial charge in [-0.3, -0.25) is 14.9 Å². The number of rotatable bonds is 5. The molecule has 0 aromatic heterocycles. The Hall–Kier alpha value is -2.89. The summed E-state index contributed by atoms with van der Waals surface area (Å²) in [6.45, 7) is 7.15. The molecule has 0 aliphatic carbocycles. The normalized spacial score (nSPS) is 11.7. The molecule has 1 amide bonds. The lowest BCUT2D eigenvalue weighted by molar-refractivity contribution is -0.386. The molecule has 0 heterocycles. The maximum atomic E-state index is 12.3. The third-order valence-corrected chi connectivity index (χ3v) is 3.64. The molecule has 6 nitrogen and oxygen atoms in total. The molecule has 0 radical (unpaired) electrons. The molecular formula is C18H20N2O4. The van der Waals surface area contributed by atoms with Gasteiger partial charge in [0.05, 0.1) is 4.92 Å². The molecule has 126 valence electrons. The van der Waals surface area contributed by atoms with Crippen LogP contribution in [0.25, 0.3) is 0 Å². The van der Waals surface area contributed by atoms with Crippen molar-refractivity contribution in [2.24, 2.45) is 0 Å². The van der Waals surface area contributed by atoms with Crippen LogP contribution in [0.15, 0.2) is 36.4 Å². The quantitative estimate of drug-likeness (QED) is 0.666. The van der Waals surface area contributed by atoms with Crippen molar-refractivity contribution < 1.29 is 14.5 Å². The van der Waals surface area contributed by atoms with Crippen LogP contribution in [0.1, 0.15) is 23.6 Å². The zero-order valence-corrected chi connectivity index (χ0v) is 14.1. The maximum Gasteiger partial charge on any atom is 0.311 e. The standard InChI is InChI=1S/C18H20N2O4/c1-11-5-7-13(3)15(9-11)19-18(21)14(4)24-17-8-6-12(2)10-16(17)20(22)23/h5-10,14H,1-4H3,(H,19,21)/t14-/m0/s1. The van der Waals surface area contributed by atoms with Gasteiger partial charge in [0.2, 0.25) is 0 Å². The van der Waals surface area contributed by atoms with Crippen LogP contribution in [0, 0.1) is 30.9 Å². The Labute approximate surface area is 140 Å². The maximum absolute atomic E-state index is 12.3. The molecule has 24 heavy (non-hydrogen) atoms. The van der Waals surface area contributed by atoms with Gasteiger partial charge < -0.3 is 10.1 Å². The zero-order valence-electron chi connectivity index (χ0n) is 14.1. The van der Waals surface area contributed by atoms with E-state index >= 15 is 0 Å². The van der Waals surface area contributed by atoms with Gasteiger partial charge in [0, 0.05) is 11.8 Å². The van der Waals surface area contributed by atoms with Crippen LogP contribution in [0.2, 0.25) is 0 Å². The summed E-state index contributed by atoms with van der Waals surface area (Å²) in [7, 11) is 0. The Kier molecular flexibility index (Phi) is 5.18. The molecule has 0 saturated carbocycles. The number of amides is 1. The van der Waals surface area contributed by atoms with Gasteiger partial charge in [-0.25, -0.2) is 0 Å². The fourth-order valence-corrected chi connectivity index (χ4v) is 2.22. The number of nitrogens with one attached hydrogen (secondary N) is 1. The third-order valence-electron chi connectivity index (χ3n) is 3.64. The fraction of sp³-hybridized carbons (Fsp3) is 0.278. The van der Waals surface area contributed by atoms with Crippen LogP contribution in [-0.4, -0.2) is 16.9 Å². The Morgan fingerprint density at radius 1 is 1.12 bits per heavy atom. The van der Waals surface area contributed by atoms with Gasteiger partial charge in [-0.1, -0.05) is 18.2 Å². The summed E-state index contributed by atoms with van der Waals surface area (Å²) in [4.78, 5) is 22.9. The van der Waals surface area contributed by atoms with E-state index in [0.717, 1.165) is 16.7 Å². The van der Waals surface area contributed by atoms with Crippen molar-refractivity contribution in [3.63, 3.8) is 0 Å².